The van der Waals surface area contributed by atoms with E-state index < -0.39 is 8.32 Å². The van der Waals surface area contributed by atoms with Crippen LogP contribution in [0.5, 0.6) is 0 Å². The fourth-order valence-electron chi connectivity index (χ4n) is 4.78. The Balaban J connectivity index is 1.55. The fraction of sp³-hybridized carbons (Fsp3) is 0.788. The number of hydrogen-bond acceptors (Lipinski definition) is 5. The fourth-order valence-corrected chi connectivity index (χ4v) is 6.20. The molecule has 0 aliphatic carbocycles. The van der Waals surface area contributed by atoms with Gasteiger partial charge in [0.1, 0.15) is 6.10 Å². The molecule has 0 radical (unpaired) electrons. The second-order valence-electron chi connectivity index (χ2n) is 12.9. The van der Waals surface area contributed by atoms with Crippen LogP contribution in [0.4, 0.5) is 0 Å². The van der Waals surface area contributed by atoms with E-state index in [0.717, 1.165) is 18.4 Å². The van der Waals surface area contributed by atoms with Crippen LogP contribution < -0.4 is 0 Å². The minimum atomic E-state index is -1.74. The zero-order chi connectivity index (χ0) is 28.6. The first-order valence-electron chi connectivity index (χ1n) is 15.8. The highest BCUT2D eigenvalue weighted by molar-refractivity contribution is 6.74. The molecule has 0 bridgehead atoms. The van der Waals surface area contributed by atoms with Crippen LogP contribution in [0, 0.1) is 0 Å². The van der Waals surface area contributed by atoms with Gasteiger partial charge in [-0.2, -0.15) is 0 Å². The van der Waals surface area contributed by atoms with Gasteiger partial charge in [-0.1, -0.05) is 122 Å². The molecule has 224 valence electrons. The van der Waals surface area contributed by atoms with Crippen molar-refractivity contribution in [3.05, 3.63) is 35.9 Å². The highest BCUT2D eigenvalue weighted by Crippen LogP contribution is 2.38. The predicted molar refractivity (Wildman–Crippen MR) is 163 cm³/mol. The number of rotatable bonds is 19. The van der Waals surface area contributed by atoms with Crippen molar-refractivity contribution < 1.29 is 23.4 Å². The van der Waals surface area contributed by atoms with Crippen molar-refractivity contribution in [3.63, 3.8) is 0 Å². The Morgan fingerprint density at radius 1 is 0.872 bits per heavy atom. The first-order chi connectivity index (χ1) is 18.6. The summed E-state index contributed by atoms with van der Waals surface area (Å²) >= 11 is 0. The summed E-state index contributed by atoms with van der Waals surface area (Å²) in [7, 11) is -1.74. The van der Waals surface area contributed by atoms with Gasteiger partial charge in [-0.05, 0) is 37.4 Å². The summed E-state index contributed by atoms with van der Waals surface area (Å²) in [6, 6.07) is 9.86. The maximum Gasteiger partial charge on any atom is 0.306 e. The molecule has 0 saturated carbocycles. The van der Waals surface area contributed by atoms with Crippen LogP contribution in [0.3, 0.4) is 0 Å². The molecule has 0 amide bonds. The SMILES string of the molecule is CCCCCCCC(CCCCCCCCC(=O)OC1COC(c2ccccc2)OC1)O[Si](C)(C)C(C)(C)C. The van der Waals surface area contributed by atoms with Crippen molar-refractivity contribution >= 4 is 14.3 Å². The second-order valence-corrected chi connectivity index (χ2v) is 17.6. The molecule has 6 heteroatoms. The summed E-state index contributed by atoms with van der Waals surface area (Å²) in [5.74, 6) is -0.144. The molecule has 39 heavy (non-hydrogen) atoms. The Labute approximate surface area is 240 Å². The maximum atomic E-state index is 12.3. The van der Waals surface area contributed by atoms with E-state index in [2.05, 4.69) is 40.8 Å². The predicted octanol–water partition coefficient (Wildman–Crippen LogP) is 9.52. The lowest BCUT2D eigenvalue weighted by Crippen LogP contribution is -2.44. The summed E-state index contributed by atoms with van der Waals surface area (Å²) in [6.45, 7) is 14.8. The highest BCUT2D eigenvalue weighted by Gasteiger charge is 2.38. The number of esters is 1. The number of carbonyl (C=O) groups excluding carboxylic acids is 1. The average Bonchev–Trinajstić information content (AvgIpc) is 2.90. The zero-order valence-corrected chi connectivity index (χ0v) is 27.0. The van der Waals surface area contributed by atoms with Crippen LogP contribution in [-0.4, -0.2) is 39.7 Å². The van der Waals surface area contributed by atoms with Crippen molar-refractivity contribution in [1.29, 1.82) is 0 Å². The zero-order valence-electron chi connectivity index (χ0n) is 26.0. The monoisotopic (exact) mass is 562 g/mol. The van der Waals surface area contributed by atoms with Crippen LogP contribution in [0.1, 0.15) is 129 Å². The molecule has 1 fully saturated rings. The first kappa shape index (κ1) is 34.0. The molecule has 1 unspecified atom stereocenters. The van der Waals surface area contributed by atoms with E-state index in [4.69, 9.17) is 18.6 Å². The molecule has 1 aliphatic heterocycles. The van der Waals surface area contributed by atoms with Crippen LogP contribution in [0.25, 0.3) is 0 Å². The molecule has 0 aromatic heterocycles. The Hall–Kier alpha value is -1.21. The van der Waals surface area contributed by atoms with Crippen molar-refractivity contribution in [2.24, 2.45) is 0 Å². The largest absolute Gasteiger partial charge is 0.457 e. The first-order valence-corrected chi connectivity index (χ1v) is 18.7. The molecule has 2 rings (SSSR count). The smallest absolute Gasteiger partial charge is 0.306 e. The number of benzene rings is 1. The molecule has 1 aliphatic rings. The third-order valence-corrected chi connectivity index (χ3v) is 12.8. The molecule has 0 spiro atoms. The van der Waals surface area contributed by atoms with Gasteiger partial charge in [0.05, 0.1) is 13.2 Å². The van der Waals surface area contributed by atoms with Gasteiger partial charge >= 0.3 is 5.97 Å². The standard InChI is InChI=1S/C33H58O5Si/c1-7-8-9-12-18-23-29(38-39(5,6)33(2,3)4)24-19-13-10-11-14-20-25-31(34)37-30-26-35-32(36-27-30)28-21-16-15-17-22-28/h15-17,21-22,29-30,32H,7-14,18-20,23-27H2,1-6H3. The summed E-state index contributed by atoms with van der Waals surface area (Å²) < 4.78 is 23.9. The highest BCUT2D eigenvalue weighted by atomic mass is 28.4. The van der Waals surface area contributed by atoms with Gasteiger partial charge < -0.3 is 18.6 Å². The van der Waals surface area contributed by atoms with Gasteiger partial charge in [0.15, 0.2) is 14.6 Å². The molecule has 0 N–H and O–H groups in total. The summed E-state index contributed by atoms with van der Waals surface area (Å²) in [6.07, 6.45) is 16.1. The van der Waals surface area contributed by atoms with Gasteiger partial charge in [0.2, 0.25) is 0 Å². The van der Waals surface area contributed by atoms with Gasteiger partial charge in [0.25, 0.3) is 0 Å². The lowest BCUT2D eigenvalue weighted by atomic mass is 10.0. The third-order valence-electron chi connectivity index (χ3n) is 8.29. The van der Waals surface area contributed by atoms with Gasteiger partial charge in [-0.25, -0.2) is 0 Å². The summed E-state index contributed by atoms with van der Waals surface area (Å²) in [4.78, 5) is 12.3. The molecule has 1 saturated heterocycles. The van der Waals surface area contributed by atoms with E-state index in [1.807, 2.05) is 30.3 Å². The molecule has 1 atom stereocenters. The Morgan fingerprint density at radius 3 is 1.97 bits per heavy atom. The van der Waals surface area contributed by atoms with E-state index >= 15 is 0 Å². The molecule has 1 heterocycles. The van der Waals surface area contributed by atoms with E-state index in [0.29, 0.717) is 25.7 Å². The van der Waals surface area contributed by atoms with Gasteiger partial charge in [-0.3, -0.25) is 4.79 Å². The molecule has 5 nitrogen and oxygen atoms in total. The van der Waals surface area contributed by atoms with E-state index in [1.165, 1.54) is 70.6 Å². The third kappa shape index (κ3) is 13.8. The van der Waals surface area contributed by atoms with Crippen molar-refractivity contribution in [3.8, 4) is 0 Å². The summed E-state index contributed by atoms with van der Waals surface area (Å²) in [5.41, 5.74) is 0.989. The van der Waals surface area contributed by atoms with Gasteiger partial charge in [-0.15, -0.1) is 0 Å². The van der Waals surface area contributed by atoms with Gasteiger partial charge in [0, 0.05) is 18.1 Å². The van der Waals surface area contributed by atoms with Crippen LogP contribution in [0.15, 0.2) is 30.3 Å². The number of carbonyl (C=O) groups is 1. The molecule has 1 aromatic carbocycles. The average molecular weight is 563 g/mol. The normalized spacial score (nSPS) is 19.1. The topological polar surface area (TPSA) is 54.0 Å². The quantitative estimate of drug-likeness (QED) is 0.0954. The molecule has 1 aromatic rings. The number of ether oxygens (including phenoxy) is 3. The Bertz CT molecular complexity index is 768. The Morgan fingerprint density at radius 2 is 1.41 bits per heavy atom. The lowest BCUT2D eigenvalue weighted by Gasteiger charge is -2.39. The summed E-state index contributed by atoms with van der Waals surface area (Å²) in [5, 5.41) is 0.260. The number of hydrogen-bond donors (Lipinski definition) is 0. The van der Waals surface area contributed by atoms with Crippen molar-refractivity contribution in [1.82, 2.24) is 0 Å². The van der Waals surface area contributed by atoms with E-state index in [9.17, 15) is 4.79 Å². The Kier molecular flexibility index (Phi) is 15.9. The van der Waals surface area contributed by atoms with Crippen molar-refractivity contribution in [2.75, 3.05) is 13.2 Å². The van der Waals surface area contributed by atoms with Crippen molar-refractivity contribution in [2.45, 2.75) is 154 Å². The minimum Gasteiger partial charge on any atom is -0.457 e. The minimum absolute atomic E-state index is 0.144. The van der Waals surface area contributed by atoms with Crippen LogP contribution in [-0.2, 0) is 23.4 Å². The van der Waals surface area contributed by atoms with E-state index in [1.54, 1.807) is 0 Å². The molecular formula is C33H58O5Si. The lowest BCUT2D eigenvalue weighted by molar-refractivity contribution is -0.229. The maximum absolute atomic E-state index is 12.3. The number of unbranched alkanes of at least 4 members (excludes halogenated alkanes) is 9. The van der Waals surface area contributed by atoms with Crippen LogP contribution >= 0.6 is 0 Å². The molecular weight excluding hydrogens is 504 g/mol. The van der Waals surface area contributed by atoms with Crippen LogP contribution in [0.2, 0.25) is 18.1 Å². The second kappa shape index (κ2) is 18.3. The van der Waals surface area contributed by atoms with E-state index in [-0.39, 0.29) is 23.4 Å².